The molecular formula is C10H16O2. The highest BCUT2D eigenvalue weighted by atomic mass is 16.5. The Hall–Kier alpha value is -0.790. The summed E-state index contributed by atoms with van der Waals surface area (Å²) >= 11 is 0. The van der Waals surface area contributed by atoms with E-state index < -0.39 is 0 Å². The van der Waals surface area contributed by atoms with Crippen molar-refractivity contribution in [3.05, 3.63) is 11.6 Å². The molecule has 1 rings (SSSR count). The van der Waals surface area contributed by atoms with E-state index in [4.69, 9.17) is 4.74 Å². The Morgan fingerprint density at radius 1 is 1.58 bits per heavy atom. The van der Waals surface area contributed by atoms with Crippen molar-refractivity contribution < 1.29 is 9.53 Å². The van der Waals surface area contributed by atoms with E-state index in [1.807, 2.05) is 19.9 Å². The summed E-state index contributed by atoms with van der Waals surface area (Å²) in [7, 11) is 0. The van der Waals surface area contributed by atoms with E-state index in [2.05, 4.69) is 6.92 Å². The van der Waals surface area contributed by atoms with Gasteiger partial charge in [-0.2, -0.15) is 0 Å². The minimum Gasteiger partial charge on any atom is -0.458 e. The molecule has 0 amide bonds. The predicted molar refractivity (Wildman–Crippen MR) is 47.7 cm³/mol. The van der Waals surface area contributed by atoms with Gasteiger partial charge in [-0.15, -0.1) is 0 Å². The Labute approximate surface area is 73.6 Å². The molecule has 1 aliphatic heterocycles. The molecule has 0 saturated carbocycles. The minimum absolute atomic E-state index is 0.0197. The molecule has 0 spiro atoms. The zero-order valence-electron chi connectivity index (χ0n) is 7.96. The highest BCUT2D eigenvalue weighted by molar-refractivity contribution is 5.70. The lowest BCUT2D eigenvalue weighted by Gasteiger charge is -2.24. The van der Waals surface area contributed by atoms with Crippen molar-refractivity contribution in [2.45, 2.75) is 39.7 Å². The van der Waals surface area contributed by atoms with Crippen molar-refractivity contribution >= 4 is 5.97 Å². The number of carbonyl (C=O) groups excluding carboxylic acids is 1. The van der Waals surface area contributed by atoms with Crippen LogP contribution in [-0.2, 0) is 9.53 Å². The second-order valence-corrected chi connectivity index (χ2v) is 3.82. The molecule has 2 atom stereocenters. The van der Waals surface area contributed by atoms with Gasteiger partial charge in [0, 0.05) is 6.42 Å². The lowest BCUT2D eigenvalue weighted by molar-refractivity contribution is -0.153. The van der Waals surface area contributed by atoms with Crippen molar-refractivity contribution in [2.75, 3.05) is 0 Å². The molecule has 1 fully saturated rings. The molecule has 1 aliphatic rings. The lowest BCUT2D eigenvalue weighted by Crippen LogP contribution is -2.26. The fourth-order valence-corrected chi connectivity index (χ4v) is 1.50. The highest BCUT2D eigenvalue weighted by Gasteiger charge is 2.23. The van der Waals surface area contributed by atoms with Crippen LogP contribution in [0.5, 0.6) is 0 Å². The third-order valence-electron chi connectivity index (χ3n) is 1.95. The molecule has 0 aromatic carbocycles. The number of cyclic esters (lactones) is 1. The van der Waals surface area contributed by atoms with E-state index in [0.717, 1.165) is 6.42 Å². The van der Waals surface area contributed by atoms with Crippen molar-refractivity contribution in [1.82, 2.24) is 0 Å². The minimum atomic E-state index is -0.0590. The van der Waals surface area contributed by atoms with Crippen molar-refractivity contribution in [3.8, 4) is 0 Å². The van der Waals surface area contributed by atoms with E-state index in [1.165, 1.54) is 5.57 Å². The maximum absolute atomic E-state index is 11.0. The number of ether oxygens (including phenoxy) is 1. The third-order valence-corrected chi connectivity index (χ3v) is 1.95. The molecule has 1 heterocycles. The van der Waals surface area contributed by atoms with Crippen molar-refractivity contribution in [1.29, 1.82) is 0 Å². The van der Waals surface area contributed by atoms with Crippen LogP contribution in [0.1, 0.15) is 33.6 Å². The molecule has 0 bridgehead atoms. The smallest absolute Gasteiger partial charge is 0.306 e. The largest absolute Gasteiger partial charge is 0.458 e. The average Bonchev–Trinajstić information content (AvgIpc) is 1.81. The maximum Gasteiger partial charge on any atom is 0.306 e. The molecular weight excluding hydrogens is 152 g/mol. The van der Waals surface area contributed by atoms with Crippen LogP contribution < -0.4 is 0 Å². The van der Waals surface area contributed by atoms with Crippen LogP contribution in [0.25, 0.3) is 0 Å². The summed E-state index contributed by atoms with van der Waals surface area (Å²) in [6.45, 7) is 6.13. The van der Waals surface area contributed by atoms with Gasteiger partial charge in [0.2, 0.25) is 0 Å². The van der Waals surface area contributed by atoms with Gasteiger partial charge in [0.25, 0.3) is 0 Å². The Morgan fingerprint density at radius 2 is 2.25 bits per heavy atom. The Morgan fingerprint density at radius 3 is 2.75 bits per heavy atom. The van der Waals surface area contributed by atoms with Crippen LogP contribution in [0.2, 0.25) is 0 Å². The summed E-state index contributed by atoms with van der Waals surface area (Å²) in [5.74, 6) is 0.406. The fourth-order valence-electron chi connectivity index (χ4n) is 1.50. The van der Waals surface area contributed by atoms with E-state index in [0.29, 0.717) is 12.3 Å². The van der Waals surface area contributed by atoms with Gasteiger partial charge in [-0.05, 0) is 32.3 Å². The summed E-state index contributed by atoms with van der Waals surface area (Å²) in [5, 5.41) is 0. The van der Waals surface area contributed by atoms with Gasteiger partial charge >= 0.3 is 5.97 Å². The van der Waals surface area contributed by atoms with Gasteiger partial charge in [-0.3, -0.25) is 4.79 Å². The molecule has 2 heteroatoms. The Kier molecular flexibility index (Phi) is 2.90. The van der Waals surface area contributed by atoms with Crippen LogP contribution >= 0.6 is 0 Å². The van der Waals surface area contributed by atoms with Crippen LogP contribution in [0.15, 0.2) is 11.6 Å². The lowest BCUT2D eigenvalue weighted by atomic mass is 9.96. The molecule has 0 aromatic rings. The first-order chi connectivity index (χ1) is 5.58. The average molecular weight is 168 g/mol. The molecule has 2 nitrogen and oxygen atoms in total. The Bertz CT molecular complexity index is 202. The van der Waals surface area contributed by atoms with Crippen LogP contribution in [-0.4, -0.2) is 12.1 Å². The molecule has 12 heavy (non-hydrogen) atoms. The van der Waals surface area contributed by atoms with Crippen LogP contribution in [0, 0.1) is 5.92 Å². The topological polar surface area (TPSA) is 26.3 Å². The molecule has 1 saturated heterocycles. The van der Waals surface area contributed by atoms with Gasteiger partial charge in [-0.25, -0.2) is 0 Å². The molecule has 2 unspecified atom stereocenters. The SMILES string of the molecule is CC(C)=CC1CC(C)CC(=O)O1. The zero-order chi connectivity index (χ0) is 9.14. The number of allylic oxidation sites excluding steroid dienone is 1. The first kappa shape index (κ1) is 9.30. The first-order valence-electron chi connectivity index (χ1n) is 4.42. The summed E-state index contributed by atoms with van der Waals surface area (Å²) < 4.78 is 5.15. The van der Waals surface area contributed by atoms with Crippen LogP contribution in [0.4, 0.5) is 0 Å². The van der Waals surface area contributed by atoms with Crippen LogP contribution in [0.3, 0.4) is 0 Å². The number of hydrogen-bond acceptors (Lipinski definition) is 2. The van der Waals surface area contributed by atoms with E-state index in [-0.39, 0.29) is 12.1 Å². The number of carbonyl (C=O) groups is 1. The number of rotatable bonds is 1. The highest BCUT2D eigenvalue weighted by Crippen LogP contribution is 2.21. The second kappa shape index (κ2) is 3.74. The third kappa shape index (κ3) is 2.68. The van der Waals surface area contributed by atoms with E-state index >= 15 is 0 Å². The quantitative estimate of drug-likeness (QED) is 0.443. The van der Waals surface area contributed by atoms with Crippen molar-refractivity contribution in [2.24, 2.45) is 5.92 Å². The Balaban J connectivity index is 2.55. The summed E-state index contributed by atoms with van der Waals surface area (Å²) in [6.07, 6.45) is 3.59. The first-order valence-corrected chi connectivity index (χ1v) is 4.42. The standard InChI is InChI=1S/C10H16O2/c1-7(2)4-9-5-8(3)6-10(11)12-9/h4,8-9H,5-6H2,1-3H3. The van der Waals surface area contributed by atoms with Gasteiger partial charge in [0.1, 0.15) is 6.10 Å². The molecule has 0 radical (unpaired) electrons. The summed E-state index contributed by atoms with van der Waals surface area (Å²) in [6, 6.07) is 0. The predicted octanol–water partition coefficient (Wildman–Crippen LogP) is 2.29. The normalized spacial score (nSPS) is 29.4. The second-order valence-electron chi connectivity index (χ2n) is 3.82. The maximum atomic E-state index is 11.0. The number of hydrogen-bond donors (Lipinski definition) is 0. The number of esters is 1. The molecule has 0 aromatic heterocycles. The monoisotopic (exact) mass is 168 g/mol. The molecule has 0 aliphatic carbocycles. The van der Waals surface area contributed by atoms with Crippen molar-refractivity contribution in [3.63, 3.8) is 0 Å². The van der Waals surface area contributed by atoms with Gasteiger partial charge in [0.05, 0.1) is 0 Å². The summed E-state index contributed by atoms with van der Waals surface area (Å²) in [4.78, 5) is 11.0. The fraction of sp³-hybridized carbons (Fsp3) is 0.700. The molecule has 68 valence electrons. The summed E-state index contributed by atoms with van der Waals surface area (Å²) in [5.41, 5.74) is 1.21. The van der Waals surface area contributed by atoms with Gasteiger partial charge < -0.3 is 4.74 Å². The molecule has 0 N–H and O–H groups in total. The van der Waals surface area contributed by atoms with Gasteiger partial charge in [0.15, 0.2) is 0 Å². The van der Waals surface area contributed by atoms with E-state index in [9.17, 15) is 4.79 Å². The van der Waals surface area contributed by atoms with E-state index in [1.54, 1.807) is 0 Å². The van der Waals surface area contributed by atoms with Gasteiger partial charge in [-0.1, -0.05) is 12.5 Å². The zero-order valence-corrected chi connectivity index (χ0v) is 7.96.